The van der Waals surface area contributed by atoms with Gasteiger partial charge in [0, 0.05) is 24.5 Å². The number of pyridine rings is 1. The van der Waals surface area contributed by atoms with Gasteiger partial charge in [0.25, 0.3) is 0 Å². The number of aromatic nitrogens is 3. The van der Waals surface area contributed by atoms with Crippen LogP contribution in [0.25, 0.3) is 0 Å². The molecule has 0 aromatic carbocycles. The van der Waals surface area contributed by atoms with Crippen molar-refractivity contribution in [1.29, 1.82) is 0 Å². The third kappa shape index (κ3) is 4.35. The van der Waals surface area contributed by atoms with Gasteiger partial charge in [-0.3, -0.25) is 0 Å². The monoisotopic (exact) mass is 378 g/mol. The first-order chi connectivity index (χ1) is 11.2. The van der Waals surface area contributed by atoms with Crippen molar-refractivity contribution in [3.05, 3.63) is 34.6 Å². The molecule has 2 rings (SSSR count). The Morgan fingerprint density at radius 3 is 2.71 bits per heavy atom. The molecule has 0 aliphatic rings. The lowest BCUT2D eigenvalue weighted by molar-refractivity contribution is -0.137. The molecule has 2 aromatic heterocycles. The van der Waals surface area contributed by atoms with Gasteiger partial charge in [-0.05, 0) is 31.6 Å². The summed E-state index contributed by atoms with van der Waals surface area (Å²) >= 11 is 11.0. The lowest BCUT2D eigenvalue weighted by atomic mass is 10.3. The highest BCUT2D eigenvalue weighted by atomic mass is 35.5. The summed E-state index contributed by atoms with van der Waals surface area (Å²) in [6.07, 6.45) is -2.97. The summed E-state index contributed by atoms with van der Waals surface area (Å²) in [6.45, 7) is 4.46. The summed E-state index contributed by atoms with van der Waals surface area (Å²) in [5.74, 6) is -0.0379. The minimum Gasteiger partial charge on any atom is -0.417 e. The Labute approximate surface area is 146 Å². The van der Waals surface area contributed by atoms with Gasteiger partial charge in [0.1, 0.15) is 5.02 Å². The van der Waals surface area contributed by atoms with Crippen LogP contribution < -0.4 is 10.1 Å². The number of hydrogen-bond donors (Lipinski definition) is 1. The molecule has 0 fully saturated rings. The summed E-state index contributed by atoms with van der Waals surface area (Å²) in [6, 6.07) is 2.33. The van der Waals surface area contributed by atoms with Crippen LogP contribution in [-0.2, 0) is 6.18 Å². The van der Waals surface area contributed by atoms with E-state index in [9.17, 15) is 13.2 Å². The van der Waals surface area contributed by atoms with E-state index in [4.69, 9.17) is 28.6 Å². The van der Waals surface area contributed by atoms with Crippen molar-refractivity contribution in [2.24, 2.45) is 0 Å². The van der Waals surface area contributed by atoms with E-state index < -0.39 is 11.7 Å². The molecule has 0 saturated heterocycles. The number of alkyl halides is 3. The van der Waals surface area contributed by atoms with E-state index in [0.717, 1.165) is 12.5 Å². The highest BCUT2D eigenvalue weighted by molar-refractivity contribution is 7.80. The van der Waals surface area contributed by atoms with E-state index in [1.165, 1.54) is 4.68 Å². The van der Waals surface area contributed by atoms with Gasteiger partial charge in [-0.2, -0.15) is 13.2 Å². The molecule has 5 nitrogen and oxygen atoms in total. The minimum absolute atomic E-state index is 0.127. The van der Waals surface area contributed by atoms with Crippen LogP contribution in [0.5, 0.6) is 11.8 Å². The summed E-state index contributed by atoms with van der Waals surface area (Å²) < 4.78 is 44.6. The van der Waals surface area contributed by atoms with Gasteiger partial charge in [-0.15, -0.1) is 5.10 Å². The van der Waals surface area contributed by atoms with Crippen molar-refractivity contribution < 1.29 is 17.9 Å². The molecule has 0 saturated carbocycles. The second kappa shape index (κ2) is 7.35. The molecule has 0 amide bonds. The predicted octanol–water partition coefficient (Wildman–Crippen LogP) is 4.18. The molecule has 10 heteroatoms. The topological polar surface area (TPSA) is 52.0 Å². The first kappa shape index (κ1) is 18.5. The number of aryl methyl sites for hydroxylation is 1. The van der Waals surface area contributed by atoms with E-state index in [-0.39, 0.29) is 16.8 Å². The maximum Gasteiger partial charge on any atom is 0.417 e. The zero-order valence-electron chi connectivity index (χ0n) is 12.8. The Morgan fingerprint density at radius 1 is 1.42 bits per heavy atom. The molecule has 2 aromatic rings. The van der Waals surface area contributed by atoms with Crippen molar-refractivity contribution in [3.8, 4) is 11.8 Å². The molecule has 24 heavy (non-hydrogen) atoms. The fraction of sp³-hybridized carbons (Fsp3) is 0.357. The normalized spacial score (nSPS) is 11.4. The fourth-order valence-electron chi connectivity index (χ4n) is 1.76. The van der Waals surface area contributed by atoms with Crippen molar-refractivity contribution in [1.82, 2.24) is 20.1 Å². The zero-order chi connectivity index (χ0) is 17.9. The Hall–Kier alpha value is -1.87. The smallest absolute Gasteiger partial charge is 0.417 e. The maximum absolute atomic E-state index is 12.6. The molecular formula is C14H14ClF3N4OS. The SMILES string of the molecule is CCCNC(=S)n1nc(Oc2ncc(C(F)(F)F)cc2Cl)cc1C. The van der Waals surface area contributed by atoms with E-state index in [0.29, 0.717) is 23.5 Å². The van der Waals surface area contributed by atoms with E-state index in [2.05, 4.69) is 15.4 Å². The third-order valence-electron chi connectivity index (χ3n) is 2.92. The average Bonchev–Trinajstić information content (AvgIpc) is 2.86. The molecule has 0 atom stereocenters. The number of hydrogen-bond acceptors (Lipinski definition) is 4. The van der Waals surface area contributed by atoms with Gasteiger partial charge in [-0.25, -0.2) is 9.67 Å². The van der Waals surface area contributed by atoms with Gasteiger partial charge < -0.3 is 10.1 Å². The molecular weight excluding hydrogens is 365 g/mol. The van der Waals surface area contributed by atoms with Crippen molar-refractivity contribution in [2.45, 2.75) is 26.4 Å². The van der Waals surface area contributed by atoms with Gasteiger partial charge in [0.15, 0.2) is 5.11 Å². The minimum atomic E-state index is -4.52. The van der Waals surface area contributed by atoms with E-state index >= 15 is 0 Å². The van der Waals surface area contributed by atoms with Crippen LogP contribution >= 0.6 is 23.8 Å². The van der Waals surface area contributed by atoms with Gasteiger partial charge in [0.05, 0.1) is 5.56 Å². The Kier molecular flexibility index (Phi) is 5.66. The second-order valence-electron chi connectivity index (χ2n) is 4.88. The molecule has 2 heterocycles. The number of nitrogens with one attached hydrogen (secondary N) is 1. The summed E-state index contributed by atoms with van der Waals surface area (Å²) in [5, 5.41) is 7.29. The Bertz CT molecular complexity index is 748. The molecule has 0 spiro atoms. The van der Waals surface area contributed by atoms with Crippen LogP contribution in [0.3, 0.4) is 0 Å². The van der Waals surface area contributed by atoms with Crippen molar-refractivity contribution in [2.75, 3.05) is 6.54 Å². The number of nitrogens with zero attached hydrogens (tertiary/aromatic N) is 3. The fourth-order valence-corrected chi connectivity index (χ4v) is 2.25. The number of ether oxygens (including phenoxy) is 1. The van der Waals surface area contributed by atoms with E-state index in [1.807, 2.05) is 6.92 Å². The van der Waals surface area contributed by atoms with Crippen LogP contribution in [0.2, 0.25) is 5.02 Å². The second-order valence-corrected chi connectivity index (χ2v) is 5.67. The Morgan fingerprint density at radius 2 is 2.12 bits per heavy atom. The van der Waals surface area contributed by atoms with Gasteiger partial charge in [0.2, 0.25) is 11.8 Å². The van der Waals surface area contributed by atoms with Crippen LogP contribution in [0.1, 0.15) is 24.6 Å². The first-order valence-electron chi connectivity index (χ1n) is 6.97. The molecule has 1 N–H and O–H groups in total. The van der Waals surface area contributed by atoms with Crippen molar-refractivity contribution >= 4 is 28.9 Å². The molecule has 0 aliphatic heterocycles. The van der Waals surface area contributed by atoms with Crippen LogP contribution in [0.15, 0.2) is 18.3 Å². The molecule has 130 valence electrons. The molecule has 0 bridgehead atoms. The zero-order valence-corrected chi connectivity index (χ0v) is 14.4. The quantitative estimate of drug-likeness (QED) is 0.809. The number of rotatable bonds is 4. The predicted molar refractivity (Wildman–Crippen MR) is 87.6 cm³/mol. The van der Waals surface area contributed by atoms with E-state index in [1.54, 1.807) is 13.0 Å². The van der Waals surface area contributed by atoms with Crippen LogP contribution in [0.4, 0.5) is 13.2 Å². The summed E-state index contributed by atoms with van der Waals surface area (Å²) in [5.41, 5.74) is -0.256. The van der Waals surface area contributed by atoms with Gasteiger partial charge in [-0.1, -0.05) is 18.5 Å². The molecule has 0 unspecified atom stereocenters. The molecule has 0 radical (unpaired) electrons. The highest BCUT2D eigenvalue weighted by Gasteiger charge is 2.31. The lowest BCUT2D eigenvalue weighted by Gasteiger charge is -2.09. The summed E-state index contributed by atoms with van der Waals surface area (Å²) in [4.78, 5) is 3.60. The maximum atomic E-state index is 12.6. The van der Waals surface area contributed by atoms with Crippen molar-refractivity contribution in [3.63, 3.8) is 0 Å². The van der Waals surface area contributed by atoms with Crippen LogP contribution in [-0.4, -0.2) is 26.4 Å². The lowest BCUT2D eigenvalue weighted by Crippen LogP contribution is -2.30. The number of thiocarbonyl (C=S) groups is 1. The Balaban J connectivity index is 2.19. The largest absolute Gasteiger partial charge is 0.417 e. The summed E-state index contributed by atoms with van der Waals surface area (Å²) in [7, 11) is 0. The highest BCUT2D eigenvalue weighted by Crippen LogP contribution is 2.34. The average molecular weight is 379 g/mol. The standard InChI is InChI=1S/C14H14ClF3N4OS/c1-3-4-19-13(24)22-8(2)5-11(21-22)23-12-10(15)6-9(7-20-12)14(16,17)18/h5-7H,3-4H2,1-2H3,(H,19,24). The third-order valence-corrected chi connectivity index (χ3v) is 3.51. The first-order valence-corrected chi connectivity index (χ1v) is 7.76. The van der Waals surface area contributed by atoms with Gasteiger partial charge >= 0.3 is 6.18 Å². The van der Waals surface area contributed by atoms with Crippen LogP contribution in [0, 0.1) is 6.92 Å². The molecule has 0 aliphatic carbocycles. The number of halogens is 4.